The highest BCUT2D eigenvalue weighted by molar-refractivity contribution is 8.00. The lowest BCUT2D eigenvalue weighted by atomic mass is 10.2. The van der Waals surface area contributed by atoms with Crippen LogP contribution in [-0.2, 0) is 4.79 Å². The Morgan fingerprint density at radius 2 is 1.92 bits per heavy atom. The Morgan fingerprint density at radius 3 is 2.64 bits per heavy atom. The van der Waals surface area contributed by atoms with Gasteiger partial charge < -0.3 is 9.73 Å². The highest BCUT2D eigenvalue weighted by Crippen LogP contribution is 2.26. The number of amides is 1. The molecule has 0 aliphatic rings. The largest absolute Gasteiger partial charge is 0.411 e. The molecule has 0 bridgehead atoms. The molecule has 0 fully saturated rings. The van der Waals surface area contributed by atoms with Crippen LogP contribution in [0, 0.1) is 0 Å². The monoisotopic (exact) mass is 357 g/mol. The molecular formula is C17H19N5O2S. The van der Waals surface area contributed by atoms with Gasteiger partial charge in [0.1, 0.15) is 5.82 Å². The van der Waals surface area contributed by atoms with Crippen molar-refractivity contribution in [2.24, 2.45) is 0 Å². The van der Waals surface area contributed by atoms with Crippen molar-refractivity contribution < 1.29 is 9.21 Å². The number of carbonyl (C=O) groups is 1. The van der Waals surface area contributed by atoms with E-state index in [9.17, 15) is 4.79 Å². The Bertz CT molecular complexity index is 844. The van der Waals surface area contributed by atoms with Gasteiger partial charge in [0.15, 0.2) is 0 Å². The Kier molecular flexibility index (Phi) is 5.18. The molecule has 0 aliphatic carbocycles. The smallest absolute Gasteiger partial charge is 0.277 e. The summed E-state index contributed by atoms with van der Waals surface area (Å²) in [5.74, 6) is 0.961. The summed E-state index contributed by atoms with van der Waals surface area (Å²) in [5.41, 5.74) is 0.847. The van der Waals surface area contributed by atoms with Gasteiger partial charge in [-0.3, -0.25) is 4.79 Å². The van der Waals surface area contributed by atoms with Crippen LogP contribution in [0.2, 0.25) is 0 Å². The summed E-state index contributed by atoms with van der Waals surface area (Å²) in [6.45, 7) is 5.80. The minimum Gasteiger partial charge on any atom is -0.411 e. The Labute approximate surface area is 149 Å². The van der Waals surface area contributed by atoms with E-state index in [1.165, 1.54) is 11.8 Å². The maximum atomic E-state index is 12.4. The second-order valence-corrected chi connectivity index (χ2v) is 7.04. The summed E-state index contributed by atoms with van der Waals surface area (Å²) in [6.07, 6.45) is 1.66. The van der Waals surface area contributed by atoms with E-state index in [1.54, 1.807) is 23.9 Å². The van der Waals surface area contributed by atoms with E-state index in [4.69, 9.17) is 4.42 Å². The fraction of sp³-hybridized carbons (Fsp3) is 0.294. The summed E-state index contributed by atoms with van der Waals surface area (Å²) in [4.78, 5) is 12.4. The molecule has 0 saturated carbocycles. The maximum absolute atomic E-state index is 12.4. The topological polar surface area (TPSA) is 85.8 Å². The van der Waals surface area contributed by atoms with Crippen LogP contribution < -0.4 is 5.32 Å². The van der Waals surface area contributed by atoms with Crippen LogP contribution in [-0.4, -0.2) is 31.1 Å². The van der Waals surface area contributed by atoms with Crippen molar-refractivity contribution >= 4 is 23.5 Å². The fourth-order valence-corrected chi connectivity index (χ4v) is 2.90. The number of hydrogen-bond donors (Lipinski definition) is 1. The number of thioether (sulfide) groups is 1. The van der Waals surface area contributed by atoms with Gasteiger partial charge >= 0.3 is 0 Å². The zero-order valence-corrected chi connectivity index (χ0v) is 15.0. The zero-order valence-electron chi connectivity index (χ0n) is 14.2. The van der Waals surface area contributed by atoms with Gasteiger partial charge in [-0.05, 0) is 32.9 Å². The summed E-state index contributed by atoms with van der Waals surface area (Å²) in [7, 11) is 0. The molecule has 3 aromatic rings. The number of rotatable bonds is 6. The van der Waals surface area contributed by atoms with Gasteiger partial charge in [-0.2, -0.15) is 5.10 Å². The fourth-order valence-electron chi connectivity index (χ4n) is 2.21. The highest BCUT2D eigenvalue weighted by Gasteiger charge is 2.20. The summed E-state index contributed by atoms with van der Waals surface area (Å²) in [5, 5.41) is 15.1. The molecule has 1 atom stereocenters. The first-order valence-electron chi connectivity index (χ1n) is 7.94. The molecule has 0 spiro atoms. The predicted molar refractivity (Wildman–Crippen MR) is 96.3 cm³/mol. The lowest BCUT2D eigenvalue weighted by Gasteiger charge is -2.13. The van der Waals surface area contributed by atoms with Crippen molar-refractivity contribution in [2.75, 3.05) is 5.32 Å². The molecule has 1 N–H and O–H groups in total. The standard InChI is InChI=1S/C17H19N5O2S/c1-11(2)22-14(9-10-18-22)19-15(23)12(3)25-17-21-20-16(24-17)13-7-5-4-6-8-13/h4-12H,1-3H3,(H,19,23)/t12-/m1/s1. The van der Waals surface area contributed by atoms with Crippen molar-refractivity contribution in [1.82, 2.24) is 20.0 Å². The molecule has 0 aliphatic heterocycles. The van der Waals surface area contributed by atoms with Crippen LogP contribution in [0.3, 0.4) is 0 Å². The van der Waals surface area contributed by atoms with E-state index >= 15 is 0 Å². The quantitative estimate of drug-likeness (QED) is 0.678. The van der Waals surface area contributed by atoms with Crippen LogP contribution in [0.15, 0.2) is 52.2 Å². The minimum atomic E-state index is -0.389. The van der Waals surface area contributed by atoms with E-state index in [1.807, 2.05) is 44.2 Å². The van der Waals surface area contributed by atoms with Gasteiger partial charge in [0.25, 0.3) is 5.22 Å². The third-order valence-electron chi connectivity index (χ3n) is 3.48. The van der Waals surface area contributed by atoms with Gasteiger partial charge in [-0.15, -0.1) is 10.2 Å². The molecule has 1 aromatic carbocycles. The molecule has 25 heavy (non-hydrogen) atoms. The van der Waals surface area contributed by atoms with Gasteiger partial charge in [0, 0.05) is 17.7 Å². The lowest BCUT2D eigenvalue weighted by Crippen LogP contribution is -2.24. The SMILES string of the molecule is CC(C)n1nccc1NC(=O)[C@@H](C)Sc1nnc(-c2ccccc2)o1. The van der Waals surface area contributed by atoms with Gasteiger partial charge in [-0.1, -0.05) is 30.0 Å². The molecule has 8 heteroatoms. The van der Waals surface area contributed by atoms with Crippen LogP contribution in [0.1, 0.15) is 26.8 Å². The summed E-state index contributed by atoms with van der Waals surface area (Å²) >= 11 is 1.22. The maximum Gasteiger partial charge on any atom is 0.277 e. The van der Waals surface area contributed by atoms with Crippen LogP contribution >= 0.6 is 11.8 Å². The number of anilines is 1. The first-order valence-corrected chi connectivity index (χ1v) is 8.82. The van der Waals surface area contributed by atoms with Crippen molar-refractivity contribution in [2.45, 2.75) is 37.3 Å². The van der Waals surface area contributed by atoms with E-state index in [2.05, 4.69) is 20.6 Å². The Morgan fingerprint density at radius 1 is 1.16 bits per heavy atom. The number of hydrogen-bond acceptors (Lipinski definition) is 6. The van der Waals surface area contributed by atoms with Gasteiger partial charge in [0.2, 0.25) is 11.8 Å². The van der Waals surface area contributed by atoms with E-state index < -0.39 is 0 Å². The molecule has 3 rings (SSSR count). The van der Waals surface area contributed by atoms with Crippen molar-refractivity contribution in [3.05, 3.63) is 42.6 Å². The third kappa shape index (κ3) is 4.08. The molecular weight excluding hydrogens is 338 g/mol. The van der Waals surface area contributed by atoms with Crippen molar-refractivity contribution in [3.63, 3.8) is 0 Å². The predicted octanol–water partition coefficient (Wildman–Crippen LogP) is 3.63. The highest BCUT2D eigenvalue weighted by atomic mass is 32.2. The Balaban J connectivity index is 1.64. The number of benzene rings is 1. The number of nitrogens with one attached hydrogen (secondary N) is 1. The average molecular weight is 357 g/mol. The van der Waals surface area contributed by atoms with Crippen molar-refractivity contribution in [3.8, 4) is 11.5 Å². The normalized spacial score (nSPS) is 12.3. The zero-order chi connectivity index (χ0) is 17.8. The molecule has 0 saturated heterocycles. The molecule has 0 unspecified atom stereocenters. The third-order valence-corrected chi connectivity index (χ3v) is 4.42. The van der Waals surface area contributed by atoms with E-state index in [0.29, 0.717) is 16.9 Å². The first-order chi connectivity index (χ1) is 12.0. The second-order valence-electron chi connectivity index (χ2n) is 5.74. The number of nitrogens with zero attached hydrogens (tertiary/aromatic N) is 4. The van der Waals surface area contributed by atoms with E-state index in [0.717, 1.165) is 5.56 Å². The molecule has 1 amide bonds. The number of aromatic nitrogens is 4. The Hall–Kier alpha value is -2.61. The molecule has 130 valence electrons. The number of carbonyl (C=O) groups excluding carboxylic acids is 1. The molecule has 7 nitrogen and oxygen atoms in total. The summed E-state index contributed by atoms with van der Waals surface area (Å²) in [6, 6.07) is 11.5. The van der Waals surface area contributed by atoms with E-state index in [-0.39, 0.29) is 17.2 Å². The van der Waals surface area contributed by atoms with Crippen LogP contribution in [0.4, 0.5) is 5.82 Å². The summed E-state index contributed by atoms with van der Waals surface area (Å²) < 4.78 is 7.39. The van der Waals surface area contributed by atoms with Gasteiger partial charge in [-0.25, -0.2) is 4.68 Å². The molecule has 0 radical (unpaired) electrons. The van der Waals surface area contributed by atoms with Gasteiger partial charge in [0.05, 0.1) is 11.4 Å². The molecule has 2 aromatic heterocycles. The average Bonchev–Trinajstić information content (AvgIpc) is 3.25. The second kappa shape index (κ2) is 7.52. The minimum absolute atomic E-state index is 0.146. The lowest BCUT2D eigenvalue weighted by molar-refractivity contribution is -0.115. The van der Waals surface area contributed by atoms with Crippen LogP contribution in [0.5, 0.6) is 0 Å². The van der Waals surface area contributed by atoms with Crippen LogP contribution in [0.25, 0.3) is 11.5 Å². The first kappa shape index (κ1) is 17.2. The molecule has 2 heterocycles. The van der Waals surface area contributed by atoms with Crippen molar-refractivity contribution in [1.29, 1.82) is 0 Å².